The first-order valence-electron chi connectivity index (χ1n) is 6.59. The van der Waals surface area contributed by atoms with E-state index in [-0.39, 0.29) is 6.04 Å². The van der Waals surface area contributed by atoms with Gasteiger partial charge in [-0.15, -0.1) is 0 Å². The zero-order valence-corrected chi connectivity index (χ0v) is 12.1. The Kier molecular flexibility index (Phi) is 3.96. The van der Waals surface area contributed by atoms with Crippen LogP contribution in [0.15, 0.2) is 34.7 Å². The van der Waals surface area contributed by atoms with E-state index in [9.17, 15) is 0 Å². The van der Waals surface area contributed by atoms with E-state index in [0.29, 0.717) is 6.54 Å². The molecule has 0 fully saturated rings. The van der Waals surface area contributed by atoms with Crippen LogP contribution in [0.4, 0.5) is 5.69 Å². The van der Waals surface area contributed by atoms with Crippen LogP contribution in [0.3, 0.4) is 0 Å². The third kappa shape index (κ3) is 2.99. The summed E-state index contributed by atoms with van der Waals surface area (Å²) in [7, 11) is 2.06. The molecule has 0 radical (unpaired) electrons. The van der Waals surface area contributed by atoms with Gasteiger partial charge in [0, 0.05) is 19.3 Å². The Hall–Kier alpha value is -1.74. The summed E-state index contributed by atoms with van der Waals surface area (Å²) < 4.78 is 5.72. The highest BCUT2D eigenvalue weighted by atomic mass is 16.3. The van der Waals surface area contributed by atoms with Gasteiger partial charge in [0.05, 0.1) is 6.04 Å². The van der Waals surface area contributed by atoms with Crippen LogP contribution in [0.5, 0.6) is 0 Å². The quantitative estimate of drug-likeness (QED) is 0.914. The number of aryl methyl sites for hydroxylation is 3. The van der Waals surface area contributed by atoms with Crippen molar-refractivity contribution in [3.8, 4) is 0 Å². The minimum Gasteiger partial charge on any atom is -0.464 e. The fourth-order valence-electron chi connectivity index (χ4n) is 2.43. The molecule has 0 saturated heterocycles. The molecule has 3 nitrogen and oxygen atoms in total. The molecule has 2 N–H and O–H groups in total. The molecular weight excluding hydrogens is 236 g/mol. The molecule has 0 saturated carbocycles. The highest BCUT2D eigenvalue weighted by molar-refractivity contribution is 5.51. The number of nitrogens with two attached hydrogens (primary N) is 1. The monoisotopic (exact) mass is 258 g/mol. The minimum atomic E-state index is 0.0647. The second kappa shape index (κ2) is 5.49. The van der Waals surface area contributed by atoms with Gasteiger partial charge in [0.1, 0.15) is 11.5 Å². The number of anilines is 1. The summed E-state index contributed by atoms with van der Waals surface area (Å²) >= 11 is 0. The van der Waals surface area contributed by atoms with Crippen molar-refractivity contribution in [2.75, 3.05) is 18.5 Å². The molecule has 0 aliphatic rings. The third-order valence-corrected chi connectivity index (χ3v) is 3.39. The van der Waals surface area contributed by atoms with Crippen molar-refractivity contribution in [1.29, 1.82) is 0 Å². The van der Waals surface area contributed by atoms with Crippen molar-refractivity contribution >= 4 is 5.69 Å². The lowest BCUT2D eigenvalue weighted by Crippen LogP contribution is -2.30. The Morgan fingerprint density at radius 2 is 1.74 bits per heavy atom. The number of hydrogen-bond donors (Lipinski definition) is 1. The van der Waals surface area contributed by atoms with Gasteiger partial charge >= 0.3 is 0 Å². The molecule has 19 heavy (non-hydrogen) atoms. The lowest BCUT2D eigenvalue weighted by Gasteiger charge is -2.28. The average Bonchev–Trinajstić information content (AvgIpc) is 2.75. The summed E-state index contributed by atoms with van der Waals surface area (Å²) in [5.41, 5.74) is 9.61. The molecule has 0 spiro atoms. The maximum absolute atomic E-state index is 5.93. The summed E-state index contributed by atoms with van der Waals surface area (Å²) in [4.78, 5) is 2.18. The fourth-order valence-corrected chi connectivity index (χ4v) is 2.43. The van der Waals surface area contributed by atoms with Gasteiger partial charge in [-0.2, -0.15) is 0 Å². The molecule has 0 bridgehead atoms. The third-order valence-electron chi connectivity index (χ3n) is 3.39. The van der Waals surface area contributed by atoms with Crippen LogP contribution in [-0.4, -0.2) is 13.6 Å². The maximum Gasteiger partial charge on any atom is 0.127 e. The smallest absolute Gasteiger partial charge is 0.127 e. The average molecular weight is 258 g/mol. The standard InChI is InChI=1S/C16H22N2O/c1-11-7-12(2)9-14(8-11)18(4)15(10-17)16-6-5-13(3)19-16/h5-9,15H,10,17H2,1-4H3. The van der Waals surface area contributed by atoms with E-state index in [4.69, 9.17) is 10.2 Å². The Balaban J connectivity index is 2.32. The molecule has 0 amide bonds. The topological polar surface area (TPSA) is 42.4 Å². The Morgan fingerprint density at radius 3 is 2.21 bits per heavy atom. The SMILES string of the molecule is Cc1cc(C)cc(N(C)C(CN)c2ccc(C)o2)c1. The predicted molar refractivity (Wildman–Crippen MR) is 79.6 cm³/mol. The van der Waals surface area contributed by atoms with Gasteiger partial charge in [-0.3, -0.25) is 0 Å². The minimum absolute atomic E-state index is 0.0647. The van der Waals surface area contributed by atoms with E-state index in [1.807, 2.05) is 19.1 Å². The van der Waals surface area contributed by atoms with Crippen LogP contribution in [0.1, 0.15) is 28.7 Å². The zero-order chi connectivity index (χ0) is 14.0. The molecule has 3 heteroatoms. The van der Waals surface area contributed by atoms with Crippen molar-refractivity contribution in [2.24, 2.45) is 5.73 Å². The molecule has 2 aromatic rings. The number of furan rings is 1. The molecular formula is C16H22N2O. The van der Waals surface area contributed by atoms with E-state index in [0.717, 1.165) is 11.5 Å². The lowest BCUT2D eigenvalue weighted by molar-refractivity contribution is 0.441. The number of benzene rings is 1. The van der Waals surface area contributed by atoms with Crippen molar-refractivity contribution in [3.63, 3.8) is 0 Å². The Labute approximate surface area is 115 Å². The predicted octanol–water partition coefficient (Wildman–Crippen LogP) is 3.34. The molecule has 1 aromatic carbocycles. The summed E-state index contributed by atoms with van der Waals surface area (Å²) in [6, 6.07) is 10.6. The van der Waals surface area contributed by atoms with Crippen molar-refractivity contribution < 1.29 is 4.42 Å². The summed E-state index contributed by atoms with van der Waals surface area (Å²) in [5, 5.41) is 0. The zero-order valence-electron chi connectivity index (χ0n) is 12.1. The molecule has 1 aromatic heterocycles. The summed E-state index contributed by atoms with van der Waals surface area (Å²) in [6.45, 7) is 6.70. The lowest BCUT2D eigenvalue weighted by atomic mass is 10.1. The normalized spacial score (nSPS) is 12.5. The molecule has 2 rings (SSSR count). The molecule has 0 aliphatic heterocycles. The van der Waals surface area contributed by atoms with Crippen LogP contribution in [-0.2, 0) is 0 Å². The van der Waals surface area contributed by atoms with Crippen LogP contribution < -0.4 is 10.6 Å². The molecule has 1 unspecified atom stereocenters. The number of rotatable bonds is 4. The van der Waals surface area contributed by atoms with E-state index < -0.39 is 0 Å². The van der Waals surface area contributed by atoms with Gasteiger partial charge in [0.25, 0.3) is 0 Å². The number of nitrogens with zero attached hydrogens (tertiary/aromatic N) is 1. The number of hydrogen-bond acceptors (Lipinski definition) is 3. The summed E-state index contributed by atoms with van der Waals surface area (Å²) in [5.74, 6) is 1.84. The second-order valence-electron chi connectivity index (χ2n) is 5.16. The molecule has 0 aliphatic carbocycles. The highest BCUT2D eigenvalue weighted by Crippen LogP contribution is 2.27. The van der Waals surface area contributed by atoms with Crippen LogP contribution >= 0.6 is 0 Å². The van der Waals surface area contributed by atoms with Gasteiger partial charge < -0.3 is 15.1 Å². The largest absolute Gasteiger partial charge is 0.464 e. The molecule has 1 heterocycles. The molecule has 1 atom stereocenters. The van der Waals surface area contributed by atoms with Crippen LogP contribution in [0.2, 0.25) is 0 Å². The Bertz CT molecular complexity index is 539. The Morgan fingerprint density at radius 1 is 1.11 bits per heavy atom. The number of likely N-dealkylation sites (N-methyl/N-ethyl adjacent to an activating group) is 1. The van der Waals surface area contributed by atoms with Gasteiger partial charge in [0.2, 0.25) is 0 Å². The van der Waals surface area contributed by atoms with Crippen molar-refractivity contribution in [3.05, 3.63) is 53.0 Å². The van der Waals surface area contributed by atoms with Gasteiger partial charge in [-0.05, 0) is 56.2 Å². The van der Waals surface area contributed by atoms with Gasteiger partial charge in [0.15, 0.2) is 0 Å². The van der Waals surface area contributed by atoms with E-state index >= 15 is 0 Å². The van der Waals surface area contributed by atoms with Crippen molar-refractivity contribution in [1.82, 2.24) is 0 Å². The van der Waals surface area contributed by atoms with Crippen molar-refractivity contribution in [2.45, 2.75) is 26.8 Å². The maximum atomic E-state index is 5.93. The molecule has 102 valence electrons. The van der Waals surface area contributed by atoms with E-state index in [1.54, 1.807) is 0 Å². The highest BCUT2D eigenvalue weighted by Gasteiger charge is 2.19. The fraction of sp³-hybridized carbons (Fsp3) is 0.375. The summed E-state index contributed by atoms with van der Waals surface area (Å²) in [6.07, 6.45) is 0. The second-order valence-corrected chi connectivity index (χ2v) is 5.16. The van der Waals surface area contributed by atoms with E-state index in [2.05, 4.69) is 44.0 Å². The van der Waals surface area contributed by atoms with Gasteiger partial charge in [-0.25, -0.2) is 0 Å². The first-order valence-corrected chi connectivity index (χ1v) is 6.59. The van der Waals surface area contributed by atoms with Crippen LogP contribution in [0.25, 0.3) is 0 Å². The first-order chi connectivity index (χ1) is 9.01. The van der Waals surface area contributed by atoms with Gasteiger partial charge in [-0.1, -0.05) is 6.07 Å². The van der Waals surface area contributed by atoms with E-state index in [1.165, 1.54) is 16.8 Å². The van der Waals surface area contributed by atoms with Crippen LogP contribution in [0, 0.1) is 20.8 Å². The first kappa shape index (κ1) is 13.7.